The van der Waals surface area contributed by atoms with Gasteiger partial charge in [-0.05, 0) is 26.1 Å². The highest BCUT2D eigenvalue weighted by molar-refractivity contribution is 5.36. The lowest BCUT2D eigenvalue weighted by Gasteiger charge is -2.18. The van der Waals surface area contributed by atoms with E-state index < -0.39 is 0 Å². The van der Waals surface area contributed by atoms with E-state index in [4.69, 9.17) is 4.74 Å². The van der Waals surface area contributed by atoms with Crippen LogP contribution in [0.4, 0.5) is 0 Å². The molecule has 0 saturated heterocycles. The van der Waals surface area contributed by atoms with Gasteiger partial charge in [0.15, 0.2) is 0 Å². The summed E-state index contributed by atoms with van der Waals surface area (Å²) in [6.45, 7) is 10.0. The van der Waals surface area contributed by atoms with E-state index in [1.54, 1.807) is 0 Å². The van der Waals surface area contributed by atoms with Gasteiger partial charge in [-0.25, -0.2) is 0 Å². The second kappa shape index (κ2) is 7.30. The zero-order valence-corrected chi connectivity index (χ0v) is 11.1. The molecule has 1 aromatic rings. The van der Waals surface area contributed by atoms with Gasteiger partial charge in [-0.2, -0.15) is 0 Å². The highest BCUT2D eigenvalue weighted by atomic mass is 16.5. The lowest BCUT2D eigenvalue weighted by Crippen LogP contribution is -2.28. The number of aliphatic hydroxyl groups excluding tert-OH is 1. The molecule has 1 rings (SSSR count). The monoisotopic (exact) mass is 237 g/mol. The second-order valence-corrected chi connectivity index (χ2v) is 4.14. The molecule has 17 heavy (non-hydrogen) atoms. The highest BCUT2D eigenvalue weighted by Crippen LogP contribution is 2.19. The normalized spacial score (nSPS) is 10.9. The van der Waals surface area contributed by atoms with Crippen molar-refractivity contribution >= 4 is 0 Å². The molecule has 96 valence electrons. The molecular weight excluding hydrogens is 214 g/mol. The minimum Gasteiger partial charge on any atom is -0.492 e. The van der Waals surface area contributed by atoms with Gasteiger partial charge < -0.3 is 14.7 Å². The van der Waals surface area contributed by atoms with Crippen LogP contribution in [0.2, 0.25) is 0 Å². The summed E-state index contributed by atoms with van der Waals surface area (Å²) in [6, 6.07) is 5.90. The predicted octanol–water partition coefficient (Wildman–Crippen LogP) is 2.21. The van der Waals surface area contributed by atoms with Crippen LogP contribution in [0.15, 0.2) is 18.2 Å². The van der Waals surface area contributed by atoms with E-state index in [0.717, 1.165) is 36.5 Å². The number of benzene rings is 1. The third kappa shape index (κ3) is 4.36. The largest absolute Gasteiger partial charge is 0.492 e. The first-order chi connectivity index (χ1) is 8.21. The van der Waals surface area contributed by atoms with Crippen molar-refractivity contribution in [3.63, 3.8) is 0 Å². The predicted molar refractivity (Wildman–Crippen MR) is 70.4 cm³/mol. The Kier molecular flexibility index (Phi) is 6.01. The van der Waals surface area contributed by atoms with Gasteiger partial charge in [0, 0.05) is 12.1 Å². The Balaban J connectivity index is 2.51. The summed E-state index contributed by atoms with van der Waals surface area (Å²) in [5.41, 5.74) is 2.01. The van der Waals surface area contributed by atoms with E-state index in [1.807, 2.05) is 25.1 Å². The second-order valence-electron chi connectivity index (χ2n) is 4.14. The summed E-state index contributed by atoms with van der Waals surface area (Å²) < 4.78 is 5.72. The first-order valence-corrected chi connectivity index (χ1v) is 6.26. The summed E-state index contributed by atoms with van der Waals surface area (Å²) in [5, 5.41) is 9.25. The molecule has 0 heterocycles. The summed E-state index contributed by atoms with van der Waals surface area (Å²) in [6.07, 6.45) is 0. The molecule has 3 heteroatoms. The molecule has 1 N–H and O–H groups in total. The topological polar surface area (TPSA) is 32.7 Å². The van der Waals surface area contributed by atoms with Gasteiger partial charge in [-0.1, -0.05) is 31.5 Å². The zero-order valence-electron chi connectivity index (χ0n) is 11.1. The van der Waals surface area contributed by atoms with Gasteiger partial charge >= 0.3 is 0 Å². The van der Waals surface area contributed by atoms with Crippen LogP contribution >= 0.6 is 0 Å². The summed E-state index contributed by atoms with van der Waals surface area (Å²) in [4.78, 5) is 2.31. The molecule has 0 aliphatic carbocycles. The Bertz CT molecular complexity index is 335. The Labute approximate surface area is 104 Å². The van der Waals surface area contributed by atoms with Crippen molar-refractivity contribution < 1.29 is 9.84 Å². The minimum atomic E-state index is 0.0300. The number of hydrogen-bond donors (Lipinski definition) is 1. The van der Waals surface area contributed by atoms with Crippen LogP contribution in [-0.2, 0) is 6.61 Å². The van der Waals surface area contributed by atoms with Crippen LogP contribution in [0.3, 0.4) is 0 Å². The van der Waals surface area contributed by atoms with Gasteiger partial charge in [0.1, 0.15) is 12.4 Å². The molecule has 0 atom stereocenters. The van der Waals surface area contributed by atoms with Crippen molar-refractivity contribution in [2.24, 2.45) is 0 Å². The molecule has 3 nitrogen and oxygen atoms in total. The third-order valence-corrected chi connectivity index (χ3v) is 2.95. The first kappa shape index (κ1) is 14.0. The summed E-state index contributed by atoms with van der Waals surface area (Å²) >= 11 is 0. The number of hydrogen-bond acceptors (Lipinski definition) is 3. The van der Waals surface area contributed by atoms with E-state index in [1.165, 1.54) is 0 Å². The average Bonchev–Trinajstić information content (AvgIpc) is 2.36. The van der Waals surface area contributed by atoms with E-state index in [9.17, 15) is 5.11 Å². The van der Waals surface area contributed by atoms with Crippen LogP contribution in [-0.4, -0.2) is 36.2 Å². The Morgan fingerprint density at radius 1 is 1.24 bits per heavy atom. The zero-order chi connectivity index (χ0) is 12.7. The molecule has 0 radical (unpaired) electrons. The van der Waals surface area contributed by atoms with E-state index in [-0.39, 0.29) is 6.61 Å². The number of aryl methyl sites for hydroxylation is 1. The van der Waals surface area contributed by atoms with E-state index >= 15 is 0 Å². The quantitative estimate of drug-likeness (QED) is 0.789. The lowest BCUT2D eigenvalue weighted by atomic mass is 10.1. The molecule has 0 fully saturated rings. The minimum absolute atomic E-state index is 0.0300. The molecule has 0 saturated carbocycles. The SMILES string of the molecule is CCN(CC)CCOc1ccc(C)cc1CO. The summed E-state index contributed by atoms with van der Waals surface area (Å²) in [7, 11) is 0. The highest BCUT2D eigenvalue weighted by Gasteiger charge is 2.04. The van der Waals surface area contributed by atoms with Gasteiger partial charge in [-0.15, -0.1) is 0 Å². The number of ether oxygens (including phenoxy) is 1. The lowest BCUT2D eigenvalue weighted by molar-refractivity contribution is 0.215. The maximum Gasteiger partial charge on any atom is 0.124 e. The van der Waals surface area contributed by atoms with Crippen LogP contribution in [0.5, 0.6) is 5.75 Å². The molecule has 0 bridgehead atoms. The number of rotatable bonds is 7. The molecule has 0 aliphatic heterocycles. The fourth-order valence-electron chi connectivity index (χ4n) is 1.80. The van der Waals surface area contributed by atoms with Crippen molar-refractivity contribution in [2.75, 3.05) is 26.2 Å². The molecule has 0 spiro atoms. The van der Waals surface area contributed by atoms with Crippen LogP contribution in [0.1, 0.15) is 25.0 Å². The van der Waals surface area contributed by atoms with Gasteiger partial charge in [-0.3, -0.25) is 0 Å². The van der Waals surface area contributed by atoms with Crippen molar-refractivity contribution in [3.8, 4) is 5.75 Å². The van der Waals surface area contributed by atoms with E-state index in [2.05, 4.69) is 18.7 Å². The fraction of sp³-hybridized carbons (Fsp3) is 0.571. The number of aliphatic hydroxyl groups is 1. The van der Waals surface area contributed by atoms with Crippen LogP contribution in [0.25, 0.3) is 0 Å². The van der Waals surface area contributed by atoms with Crippen LogP contribution in [0, 0.1) is 6.92 Å². The Morgan fingerprint density at radius 3 is 2.53 bits per heavy atom. The van der Waals surface area contributed by atoms with Crippen molar-refractivity contribution in [2.45, 2.75) is 27.4 Å². The maximum atomic E-state index is 9.25. The fourth-order valence-corrected chi connectivity index (χ4v) is 1.80. The van der Waals surface area contributed by atoms with Crippen molar-refractivity contribution in [1.82, 2.24) is 4.90 Å². The average molecular weight is 237 g/mol. The van der Waals surface area contributed by atoms with Crippen LogP contribution < -0.4 is 4.74 Å². The van der Waals surface area contributed by atoms with Gasteiger partial charge in [0.25, 0.3) is 0 Å². The standard InChI is InChI=1S/C14H23NO2/c1-4-15(5-2)8-9-17-14-7-6-12(3)10-13(14)11-16/h6-7,10,16H,4-5,8-9,11H2,1-3H3. The van der Waals surface area contributed by atoms with Crippen molar-refractivity contribution in [3.05, 3.63) is 29.3 Å². The number of likely N-dealkylation sites (N-methyl/N-ethyl adjacent to an activating group) is 1. The molecule has 0 aliphatic rings. The van der Waals surface area contributed by atoms with Gasteiger partial charge in [0.2, 0.25) is 0 Å². The summed E-state index contributed by atoms with van der Waals surface area (Å²) in [5.74, 6) is 0.797. The third-order valence-electron chi connectivity index (χ3n) is 2.95. The van der Waals surface area contributed by atoms with Gasteiger partial charge in [0.05, 0.1) is 6.61 Å². The number of nitrogens with zero attached hydrogens (tertiary/aromatic N) is 1. The Morgan fingerprint density at radius 2 is 1.94 bits per heavy atom. The molecule has 0 unspecified atom stereocenters. The molecule has 0 aromatic heterocycles. The first-order valence-electron chi connectivity index (χ1n) is 6.26. The molecule has 1 aromatic carbocycles. The smallest absolute Gasteiger partial charge is 0.124 e. The van der Waals surface area contributed by atoms with Crippen molar-refractivity contribution in [1.29, 1.82) is 0 Å². The molecule has 0 amide bonds. The Hall–Kier alpha value is -1.06. The van der Waals surface area contributed by atoms with E-state index in [0.29, 0.717) is 6.61 Å². The molecular formula is C14H23NO2. The maximum absolute atomic E-state index is 9.25.